The van der Waals surface area contributed by atoms with Crippen molar-refractivity contribution in [2.75, 3.05) is 31.6 Å². The molecule has 0 spiro atoms. The first kappa shape index (κ1) is 15.1. The van der Waals surface area contributed by atoms with Crippen LogP contribution in [0.15, 0.2) is 36.5 Å². The molecular weight excluding hydrogens is 302 g/mol. The Bertz CT molecular complexity index is 838. The molecule has 0 amide bonds. The van der Waals surface area contributed by atoms with Crippen molar-refractivity contribution >= 4 is 22.4 Å². The zero-order valence-electron chi connectivity index (χ0n) is 13.7. The number of H-pyrrole nitrogens is 1. The number of hydrogen-bond donors (Lipinski definition) is 2. The molecule has 6 heteroatoms. The Labute approximate surface area is 140 Å². The smallest absolute Gasteiger partial charge is 0.141 e. The second-order valence-corrected chi connectivity index (χ2v) is 6.12. The molecule has 1 aromatic carbocycles. The third-order valence-corrected chi connectivity index (χ3v) is 4.35. The molecular formula is C18H21N5O. The average molecular weight is 323 g/mol. The number of pyridine rings is 1. The second kappa shape index (κ2) is 6.59. The monoisotopic (exact) mass is 323 g/mol. The van der Waals surface area contributed by atoms with Gasteiger partial charge >= 0.3 is 0 Å². The predicted molar refractivity (Wildman–Crippen MR) is 94.4 cm³/mol. The fourth-order valence-corrected chi connectivity index (χ4v) is 3.11. The largest absolute Gasteiger partial charge is 0.379 e. The number of ether oxygens (including phenoxy) is 1. The van der Waals surface area contributed by atoms with Gasteiger partial charge in [0.25, 0.3) is 0 Å². The minimum Gasteiger partial charge on any atom is -0.379 e. The Morgan fingerprint density at radius 2 is 2.12 bits per heavy atom. The summed E-state index contributed by atoms with van der Waals surface area (Å²) in [6, 6.07) is 10.4. The highest BCUT2D eigenvalue weighted by molar-refractivity contribution is 5.92. The van der Waals surface area contributed by atoms with Crippen molar-refractivity contribution in [1.29, 1.82) is 0 Å². The number of aromatic nitrogens is 3. The van der Waals surface area contributed by atoms with Crippen molar-refractivity contribution in [1.82, 2.24) is 20.1 Å². The van der Waals surface area contributed by atoms with E-state index in [0.717, 1.165) is 61.0 Å². The number of morpholine rings is 1. The minimum atomic E-state index is 0.823. The van der Waals surface area contributed by atoms with Crippen LogP contribution in [0.3, 0.4) is 0 Å². The van der Waals surface area contributed by atoms with Crippen LogP contribution in [0.5, 0.6) is 0 Å². The third-order valence-electron chi connectivity index (χ3n) is 4.35. The van der Waals surface area contributed by atoms with E-state index in [9.17, 15) is 0 Å². The molecule has 4 rings (SSSR count). The molecule has 124 valence electrons. The number of aromatic amines is 1. The van der Waals surface area contributed by atoms with E-state index in [1.54, 1.807) is 6.20 Å². The minimum absolute atomic E-state index is 0.823. The lowest BCUT2D eigenvalue weighted by atomic mass is 10.1. The Morgan fingerprint density at radius 3 is 3.00 bits per heavy atom. The van der Waals surface area contributed by atoms with Gasteiger partial charge in [0, 0.05) is 37.2 Å². The summed E-state index contributed by atoms with van der Waals surface area (Å²) < 4.78 is 5.41. The van der Waals surface area contributed by atoms with Crippen molar-refractivity contribution in [2.45, 2.75) is 13.5 Å². The second-order valence-electron chi connectivity index (χ2n) is 6.12. The molecule has 0 unspecified atom stereocenters. The summed E-state index contributed by atoms with van der Waals surface area (Å²) in [5.74, 6) is 0.835. The highest BCUT2D eigenvalue weighted by Gasteiger charge is 2.12. The summed E-state index contributed by atoms with van der Waals surface area (Å²) >= 11 is 0. The van der Waals surface area contributed by atoms with Gasteiger partial charge in [0.15, 0.2) is 0 Å². The maximum Gasteiger partial charge on any atom is 0.141 e. The van der Waals surface area contributed by atoms with Crippen molar-refractivity contribution in [3.05, 3.63) is 47.8 Å². The van der Waals surface area contributed by atoms with Crippen LogP contribution in [0, 0.1) is 6.92 Å². The molecule has 1 aliphatic rings. The number of benzene rings is 1. The average Bonchev–Trinajstić information content (AvgIpc) is 2.99. The summed E-state index contributed by atoms with van der Waals surface area (Å²) in [5, 5.41) is 11.8. The number of nitrogens with one attached hydrogen (secondary N) is 2. The van der Waals surface area contributed by atoms with E-state index < -0.39 is 0 Å². The molecule has 24 heavy (non-hydrogen) atoms. The molecule has 0 atom stereocenters. The van der Waals surface area contributed by atoms with Crippen molar-refractivity contribution < 1.29 is 4.74 Å². The van der Waals surface area contributed by atoms with Gasteiger partial charge in [-0.3, -0.25) is 10.00 Å². The SMILES string of the molecule is Cc1[nH]nc2ccnc(Nc3cccc(CN4CCOCC4)c3)c12. The number of fused-ring (bicyclic) bond motifs is 1. The maximum absolute atomic E-state index is 5.41. The molecule has 1 saturated heterocycles. The fourth-order valence-electron chi connectivity index (χ4n) is 3.11. The maximum atomic E-state index is 5.41. The number of nitrogens with zero attached hydrogens (tertiary/aromatic N) is 3. The number of hydrogen-bond acceptors (Lipinski definition) is 5. The molecule has 6 nitrogen and oxygen atoms in total. The van der Waals surface area contributed by atoms with Crippen LogP contribution >= 0.6 is 0 Å². The van der Waals surface area contributed by atoms with E-state index >= 15 is 0 Å². The van der Waals surface area contributed by atoms with Gasteiger partial charge in [-0.1, -0.05) is 12.1 Å². The zero-order valence-corrected chi connectivity index (χ0v) is 13.7. The highest BCUT2D eigenvalue weighted by atomic mass is 16.5. The van der Waals surface area contributed by atoms with Gasteiger partial charge in [0.2, 0.25) is 0 Å². The Hall–Kier alpha value is -2.44. The van der Waals surface area contributed by atoms with E-state index in [4.69, 9.17) is 4.74 Å². The molecule has 0 aliphatic carbocycles. The highest BCUT2D eigenvalue weighted by Crippen LogP contribution is 2.26. The van der Waals surface area contributed by atoms with Crippen molar-refractivity contribution in [3.8, 4) is 0 Å². The molecule has 0 radical (unpaired) electrons. The van der Waals surface area contributed by atoms with Crippen LogP contribution in [0.1, 0.15) is 11.3 Å². The molecule has 3 aromatic rings. The van der Waals surface area contributed by atoms with Crippen LogP contribution < -0.4 is 5.32 Å². The molecule has 1 fully saturated rings. The van der Waals surface area contributed by atoms with Gasteiger partial charge in [-0.2, -0.15) is 5.10 Å². The first-order valence-corrected chi connectivity index (χ1v) is 8.25. The van der Waals surface area contributed by atoms with Gasteiger partial charge in [-0.05, 0) is 30.7 Å². The van der Waals surface area contributed by atoms with E-state index in [-0.39, 0.29) is 0 Å². The van der Waals surface area contributed by atoms with Crippen molar-refractivity contribution in [2.24, 2.45) is 0 Å². The van der Waals surface area contributed by atoms with Crippen LogP contribution in [0.25, 0.3) is 10.9 Å². The first-order valence-electron chi connectivity index (χ1n) is 8.25. The lowest BCUT2D eigenvalue weighted by molar-refractivity contribution is 0.0342. The lowest BCUT2D eigenvalue weighted by Gasteiger charge is -2.26. The van der Waals surface area contributed by atoms with Gasteiger partial charge in [0.1, 0.15) is 5.82 Å². The number of aryl methyl sites for hydroxylation is 1. The summed E-state index contributed by atoms with van der Waals surface area (Å²) in [4.78, 5) is 6.90. The van der Waals surface area contributed by atoms with Gasteiger partial charge < -0.3 is 10.1 Å². The quantitative estimate of drug-likeness (QED) is 0.773. The molecule has 0 bridgehead atoms. The first-order chi connectivity index (χ1) is 11.8. The summed E-state index contributed by atoms with van der Waals surface area (Å²) in [5.41, 5.74) is 4.28. The van der Waals surface area contributed by atoms with Crippen LogP contribution in [-0.2, 0) is 11.3 Å². The van der Waals surface area contributed by atoms with Crippen LogP contribution in [-0.4, -0.2) is 46.4 Å². The molecule has 2 aromatic heterocycles. The van der Waals surface area contributed by atoms with Crippen LogP contribution in [0.2, 0.25) is 0 Å². The topological polar surface area (TPSA) is 66.1 Å². The summed E-state index contributed by atoms with van der Waals surface area (Å²) in [6.07, 6.45) is 1.78. The van der Waals surface area contributed by atoms with Gasteiger partial charge in [-0.15, -0.1) is 0 Å². The Kier molecular flexibility index (Phi) is 4.15. The third kappa shape index (κ3) is 3.11. The van der Waals surface area contributed by atoms with E-state index in [1.165, 1.54) is 5.56 Å². The fraction of sp³-hybridized carbons (Fsp3) is 0.333. The molecule has 1 aliphatic heterocycles. The normalized spacial score (nSPS) is 15.7. The summed E-state index contributed by atoms with van der Waals surface area (Å²) in [7, 11) is 0. The van der Waals surface area contributed by atoms with Crippen molar-refractivity contribution in [3.63, 3.8) is 0 Å². The van der Waals surface area contributed by atoms with E-state index in [1.807, 2.05) is 13.0 Å². The predicted octanol–water partition coefficient (Wildman–Crippen LogP) is 2.84. The van der Waals surface area contributed by atoms with Gasteiger partial charge in [-0.25, -0.2) is 4.98 Å². The lowest BCUT2D eigenvalue weighted by Crippen LogP contribution is -2.35. The number of anilines is 2. The molecule has 3 heterocycles. The Balaban J connectivity index is 1.56. The number of rotatable bonds is 4. The zero-order chi connectivity index (χ0) is 16.4. The van der Waals surface area contributed by atoms with Crippen LogP contribution in [0.4, 0.5) is 11.5 Å². The Morgan fingerprint density at radius 1 is 1.25 bits per heavy atom. The van der Waals surface area contributed by atoms with E-state index in [2.05, 4.69) is 49.7 Å². The standard InChI is InChI=1S/C18H21N5O/c1-13-17-16(22-21-13)5-6-19-18(17)20-15-4-2-3-14(11-15)12-23-7-9-24-10-8-23/h2-6,11H,7-10,12H2,1H3,(H,19,20)(H,21,22). The molecule has 2 N–H and O–H groups in total. The van der Waals surface area contributed by atoms with Gasteiger partial charge in [0.05, 0.1) is 24.1 Å². The molecule has 0 saturated carbocycles. The summed E-state index contributed by atoms with van der Waals surface area (Å²) in [6.45, 7) is 6.59. The van der Waals surface area contributed by atoms with E-state index in [0.29, 0.717) is 0 Å².